The molecule has 0 aromatic heterocycles. The van der Waals surface area contributed by atoms with Crippen LogP contribution in [-0.2, 0) is 11.3 Å². The smallest absolute Gasteiger partial charge is 0.550 e. The molecule has 0 aliphatic heterocycles. The summed E-state index contributed by atoms with van der Waals surface area (Å²) in [6.45, 7) is 0.700. The Bertz CT molecular complexity index is 803. The molecule has 0 unspecified atom stereocenters. The van der Waals surface area contributed by atoms with Gasteiger partial charge in [-0.05, 0) is 92.2 Å². The first-order chi connectivity index (χ1) is 12.4. The summed E-state index contributed by atoms with van der Waals surface area (Å²) in [7, 11) is 0. The molecular weight excluding hydrogens is 698 g/mol. The van der Waals surface area contributed by atoms with Gasteiger partial charge in [0.05, 0.1) is 19.3 Å². The van der Waals surface area contributed by atoms with Crippen LogP contribution in [0.2, 0.25) is 0 Å². The molecule has 0 bridgehead atoms. The number of benzene rings is 2. The number of rotatable bonds is 8. The molecule has 1 amide bonds. The number of nitrogens with one attached hydrogen (secondary N) is 1. The first-order valence-corrected chi connectivity index (χ1v) is 11.0. The molecule has 0 radical (unpaired) electrons. The maximum Gasteiger partial charge on any atom is 1.00 e. The summed E-state index contributed by atoms with van der Waals surface area (Å²) in [5.41, 5.74) is 1.59. The van der Waals surface area contributed by atoms with E-state index in [-0.39, 0.29) is 48.5 Å². The van der Waals surface area contributed by atoms with Crippen molar-refractivity contribution in [2.75, 3.05) is 6.61 Å². The van der Waals surface area contributed by atoms with E-state index in [1.165, 1.54) is 0 Å². The van der Waals surface area contributed by atoms with Crippen LogP contribution in [0.15, 0.2) is 36.4 Å². The van der Waals surface area contributed by atoms with Crippen molar-refractivity contribution in [2.24, 2.45) is 0 Å². The summed E-state index contributed by atoms with van der Waals surface area (Å²) < 4.78 is 8.17. The van der Waals surface area contributed by atoms with Gasteiger partial charge in [-0.3, -0.25) is 4.79 Å². The Balaban J connectivity index is 0.00000364. The van der Waals surface area contributed by atoms with Gasteiger partial charge in [0, 0.05) is 16.1 Å². The number of hydrogen-bond acceptors (Lipinski definition) is 4. The maximum atomic E-state index is 12.7. The minimum atomic E-state index is -1.10. The van der Waals surface area contributed by atoms with Crippen molar-refractivity contribution in [3.63, 3.8) is 0 Å². The van der Waals surface area contributed by atoms with E-state index in [0.29, 0.717) is 24.3 Å². The number of hydrogen-bond donors (Lipinski definition) is 1. The van der Waals surface area contributed by atoms with Crippen molar-refractivity contribution in [3.8, 4) is 5.75 Å². The van der Waals surface area contributed by atoms with Crippen LogP contribution < -0.4 is 44.7 Å². The van der Waals surface area contributed by atoms with E-state index in [4.69, 9.17) is 4.74 Å². The number of carboxylic acids is 1. The van der Waals surface area contributed by atoms with Crippen LogP contribution in [0.1, 0.15) is 28.8 Å². The number of ether oxygens (including phenoxy) is 1. The molecule has 2 rings (SSSR count). The average molecular weight is 713 g/mol. The minimum absolute atomic E-state index is 0. The molecule has 5 nitrogen and oxygen atoms in total. The molecule has 9 heteroatoms. The Hall–Kier alpha value is 0.370. The molecule has 1 N–H and O–H groups in total. The summed E-state index contributed by atoms with van der Waals surface area (Å²) in [6, 6.07) is 11.6. The normalized spacial score (nSPS) is 10.0. The van der Waals surface area contributed by atoms with E-state index >= 15 is 0 Å². The van der Waals surface area contributed by atoms with Gasteiger partial charge in [0.15, 0.2) is 0 Å². The molecule has 0 saturated heterocycles. The number of carbonyl (C=O) groups excluding carboxylic acids is 2. The predicted molar refractivity (Wildman–Crippen MR) is 122 cm³/mol. The van der Waals surface area contributed by atoms with E-state index in [2.05, 4.69) is 73.1 Å². The first-order valence-electron chi connectivity index (χ1n) is 7.72. The summed E-state index contributed by atoms with van der Waals surface area (Å²) in [5.74, 6) is -0.657. The summed E-state index contributed by atoms with van der Waals surface area (Å²) in [4.78, 5) is 23.2. The Labute approximate surface area is 221 Å². The molecule has 0 atom stereocenters. The zero-order valence-corrected chi connectivity index (χ0v) is 23.0. The molecule has 27 heavy (non-hydrogen) atoms. The zero-order valence-electron chi connectivity index (χ0n) is 14.6. The van der Waals surface area contributed by atoms with Crippen molar-refractivity contribution in [1.82, 2.24) is 5.32 Å². The second-order valence-electron chi connectivity index (χ2n) is 5.35. The third kappa shape index (κ3) is 7.96. The van der Waals surface area contributed by atoms with Crippen molar-refractivity contribution in [2.45, 2.75) is 19.4 Å². The van der Waals surface area contributed by atoms with Gasteiger partial charge >= 0.3 is 29.6 Å². The molecule has 0 heterocycles. The first kappa shape index (κ1) is 25.4. The van der Waals surface area contributed by atoms with Gasteiger partial charge in [0.1, 0.15) is 5.75 Å². The third-order valence-electron chi connectivity index (χ3n) is 3.42. The minimum Gasteiger partial charge on any atom is -0.550 e. The fourth-order valence-corrected chi connectivity index (χ4v) is 6.34. The summed E-state index contributed by atoms with van der Waals surface area (Å²) in [5, 5.41) is 13.4. The standard InChI is InChI=1S/C18H16I3NO4.Na/c19-12-9-13(20)17(26-8-4-7-14(23)24)16(21)15(12)18(25)22-10-11-5-2-1-3-6-11;/h1-3,5-6,9H,4,7-8,10H2,(H,22,25)(H,23,24);/q;+1/p-1. The van der Waals surface area contributed by atoms with Gasteiger partial charge < -0.3 is 20.0 Å². The van der Waals surface area contributed by atoms with Crippen LogP contribution in [0.4, 0.5) is 0 Å². The number of aliphatic carboxylic acids is 1. The van der Waals surface area contributed by atoms with Crippen molar-refractivity contribution in [3.05, 3.63) is 58.2 Å². The number of carbonyl (C=O) groups is 2. The van der Waals surface area contributed by atoms with Gasteiger partial charge in [-0.2, -0.15) is 0 Å². The molecule has 2 aromatic rings. The Morgan fingerprint density at radius 2 is 1.74 bits per heavy atom. The monoisotopic (exact) mass is 713 g/mol. The van der Waals surface area contributed by atoms with Gasteiger partial charge in [-0.1, -0.05) is 30.3 Å². The van der Waals surface area contributed by atoms with Gasteiger partial charge in [-0.25, -0.2) is 0 Å². The fraction of sp³-hybridized carbons (Fsp3) is 0.222. The topological polar surface area (TPSA) is 78.5 Å². The number of amides is 1. The summed E-state index contributed by atoms with van der Waals surface area (Å²) in [6.07, 6.45) is 0.304. The zero-order chi connectivity index (χ0) is 19.1. The van der Waals surface area contributed by atoms with E-state index < -0.39 is 5.97 Å². The fourth-order valence-electron chi connectivity index (χ4n) is 2.17. The van der Waals surface area contributed by atoms with Crippen LogP contribution in [0.3, 0.4) is 0 Å². The van der Waals surface area contributed by atoms with E-state index in [0.717, 1.165) is 16.3 Å². The maximum absolute atomic E-state index is 12.7. The largest absolute Gasteiger partial charge is 1.00 e. The molecular formula is C18H15I3NNaO4. The van der Waals surface area contributed by atoms with E-state index in [1.807, 2.05) is 36.4 Å². The molecule has 0 aliphatic rings. The van der Waals surface area contributed by atoms with Gasteiger partial charge in [-0.15, -0.1) is 0 Å². The van der Waals surface area contributed by atoms with E-state index in [9.17, 15) is 14.7 Å². The second-order valence-corrected chi connectivity index (χ2v) is 8.75. The van der Waals surface area contributed by atoms with Crippen LogP contribution in [0.25, 0.3) is 0 Å². The third-order valence-corrected chi connectivity index (χ3v) is 6.10. The van der Waals surface area contributed by atoms with Gasteiger partial charge in [0.25, 0.3) is 5.91 Å². The average Bonchev–Trinajstić information content (AvgIpc) is 2.59. The van der Waals surface area contributed by atoms with Crippen molar-refractivity contribution >= 4 is 79.6 Å². The molecule has 138 valence electrons. The van der Waals surface area contributed by atoms with Crippen LogP contribution in [-0.4, -0.2) is 18.5 Å². The molecule has 2 aromatic carbocycles. The summed E-state index contributed by atoms with van der Waals surface area (Å²) >= 11 is 6.40. The molecule has 0 saturated carbocycles. The quantitative estimate of drug-likeness (QED) is 0.244. The molecule has 0 aliphatic carbocycles. The van der Waals surface area contributed by atoms with Gasteiger partial charge in [0.2, 0.25) is 0 Å². The Kier molecular flexibility index (Phi) is 12.1. The second kappa shape index (κ2) is 12.8. The number of halogens is 3. The predicted octanol–water partition coefficient (Wildman–Crippen LogP) is 0.343. The van der Waals surface area contributed by atoms with Crippen LogP contribution in [0.5, 0.6) is 5.75 Å². The molecule has 0 fully saturated rings. The SMILES string of the molecule is O=C([O-])CCCOc1c(I)cc(I)c(C(=O)NCc2ccccc2)c1I.[Na+]. The van der Waals surface area contributed by atoms with Crippen molar-refractivity contribution in [1.29, 1.82) is 0 Å². The van der Waals surface area contributed by atoms with E-state index in [1.54, 1.807) is 0 Å². The van der Waals surface area contributed by atoms with Crippen LogP contribution >= 0.6 is 67.8 Å². The van der Waals surface area contributed by atoms with Crippen molar-refractivity contribution < 1.29 is 49.0 Å². The Morgan fingerprint density at radius 1 is 1.07 bits per heavy atom. The Morgan fingerprint density at radius 3 is 2.37 bits per heavy atom. The molecule has 0 spiro atoms. The van der Waals surface area contributed by atoms with Crippen LogP contribution in [0, 0.1) is 10.7 Å². The number of carboxylic acid groups (broad SMARTS) is 1.